The van der Waals surface area contributed by atoms with Crippen molar-refractivity contribution in [3.8, 4) is 5.75 Å². The van der Waals surface area contributed by atoms with Crippen molar-refractivity contribution in [2.24, 2.45) is 5.92 Å². The van der Waals surface area contributed by atoms with E-state index in [0.717, 1.165) is 23.1 Å². The fraction of sp³-hybridized carbons (Fsp3) is 0.632. The Morgan fingerprint density at radius 3 is 2.09 bits per heavy atom. The summed E-state index contributed by atoms with van der Waals surface area (Å²) in [6.07, 6.45) is 1.32. The first-order valence-electron chi connectivity index (χ1n) is 7.93. The summed E-state index contributed by atoms with van der Waals surface area (Å²) in [6.45, 7) is 14.2. The minimum absolute atomic E-state index is 0.130. The van der Waals surface area contributed by atoms with Crippen LogP contribution in [0, 0.1) is 12.8 Å². The Morgan fingerprint density at radius 1 is 1.14 bits per heavy atom. The van der Waals surface area contributed by atoms with Crippen molar-refractivity contribution in [3.63, 3.8) is 0 Å². The van der Waals surface area contributed by atoms with Crippen LogP contribution in [0.2, 0.25) is 0 Å². The van der Waals surface area contributed by atoms with Gasteiger partial charge in [0.2, 0.25) is 0 Å². The molecule has 0 bridgehead atoms. The molecule has 1 atom stereocenters. The van der Waals surface area contributed by atoms with Crippen LogP contribution in [0.3, 0.4) is 0 Å². The van der Waals surface area contributed by atoms with E-state index in [1.54, 1.807) is 6.92 Å². The van der Waals surface area contributed by atoms with Gasteiger partial charge >= 0.3 is 5.97 Å². The van der Waals surface area contributed by atoms with E-state index >= 15 is 0 Å². The van der Waals surface area contributed by atoms with E-state index in [1.165, 1.54) is 0 Å². The Kier molecular flexibility index (Phi) is 5.32. The molecule has 0 radical (unpaired) electrons. The summed E-state index contributed by atoms with van der Waals surface area (Å²) in [7, 11) is 0. The summed E-state index contributed by atoms with van der Waals surface area (Å²) in [4.78, 5) is 11.0. The molecule has 3 nitrogen and oxygen atoms in total. The van der Waals surface area contributed by atoms with Crippen LogP contribution in [0.4, 0.5) is 0 Å². The molecule has 0 aromatic heterocycles. The van der Waals surface area contributed by atoms with E-state index in [2.05, 4.69) is 34.6 Å². The van der Waals surface area contributed by atoms with Crippen molar-refractivity contribution in [2.45, 2.75) is 72.1 Å². The molecular formula is C19H30O3. The molecule has 2 N–H and O–H groups in total. The van der Waals surface area contributed by atoms with Crippen LogP contribution in [-0.4, -0.2) is 16.2 Å². The van der Waals surface area contributed by atoms with Gasteiger partial charge < -0.3 is 10.2 Å². The smallest absolute Gasteiger partial charge is 0.306 e. The number of aryl methyl sites for hydroxylation is 1. The highest BCUT2D eigenvalue weighted by atomic mass is 16.4. The number of phenols is 1. The first-order chi connectivity index (χ1) is 9.86. The number of carbonyl (C=O) groups is 1. The second-order valence-electron chi connectivity index (χ2n) is 8.12. The number of aliphatic carboxylic acids is 1. The molecule has 1 rings (SSSR count). The quantitative estimate of drug-likeness (QED) is 0.823. The van der Waals surface area contributed by atoms with Gasteiger partial charge in [-0.1, -0.05) is 59.2 Å². The summed E-state index contributed by atoms with van der Waals surface area (Å²) >= 11 is 0. The lowest BCUT2D eigenvalue weighted by Crippen LogP contribution is -2.22. The number of carboxylic acids is 1. The lowest BCUT2D eigenvalue weighted by Gasteiger charge is -2.31. The molecule has 0 amide bonds. The maximum atomic E-state index is 11.0. The van der Waals surface area contributed by atoms with Crippen LogP contribution < -0.4 is 0 Å². The van der Waals surface area contributed by atoms with E-state index in [9.17, 15) is 9.90 Å². The molecule has 0 aliphatic rings. The van der Waals surface area contributed by atoms with Crippen LogP contribution in [0.1, 0.15) is 71.1 Å². The van der Waals surface area contributed by atoms with E-state index in [1.807, 2.05) is 19.1 Å². The third kappa shape index (κ3) is 4.25. The molecule has 3 heteroatoms. The van der Waals surface area contributed by atoms with Gasteiger partial charge in [0.25, 0.3) is 0 Å². The molecule has 0 saturated carbocycles. The standard InChI is InChI=1S/C19H30O3/c1-12-10-14(18(3,4)5)16(20)15(11-12)19(6,7)9-8-13(2)17(21)22/h10-11,13,20H,8-9H2,1-7H3,(H,21,22). The lowest BCUT2D eigenvalue weighted by atomic mass is 9.74. The van der Waals surface area contributed by atoms with Crippen LogP contribution in [0.15, 0.2) is 12.1 Å². The summed E-state index contributed by atoms with van der Waals surface area (Å²) in [5, 5.41) is 19.8. The van der Waals surface area contributed by atoms with Crippen LogP contribution >= 0.6 is 0 Å². The van der Waals surface area contributed by atoms with Crippen LogP contribution in [-0.2, 0) is 15.6 Å². The van der Waals surface area contributed by atoms with E-state index < -0.39 is 5.97 Å². The van der Waals surface area contributed by atoms with Crippen LogP contribution in [0.5, 0.6) is 5.75 Å². The lowest BCUT2D eigenvalue weighted by molar-refractivity contribution is -0.141. The van der Waals surface area contributed by atoms with E-state index in [4.69, 9.17) is 5.11 Å². The van der Waals surface area contributed by atoms with Gasteiger partial charge in [-0.3, -0.25) is 4.79 Å². The van der Waals surface area contributed by atoms with Gasteiger partial charge in [0.1, 0.15) is 5.75 Å². The number of hydrogen-bond acceptors (Lipinski definition) is 2. The highest BCUT2D eigenvalue weighted by molar-refractivity contribution is 5.69. The summed E-state index contributed by atoms with van der Waals surface area (Å²) in [5.74, 6) is -0.779. The van der Waals surface area contributed by atoms with Gasteiger partial charge in [0.05, 0.1) is 5.92 Å². The molecule has 0 fully saturated rings. The first-order valence-corrected chi connectivity index (χ1v) is 7.93. The van der Waals surface area contributed by atoms with Gasteiger partial charge in [-0.2, -0.15) is 0 Å². The molecule has 0 heterocycles. The zero-order valence-electron chi connectivity index (χ0n) is 14.9. The second kappa shape index (κ2) is 6.31. The summed E-state index contributed by atoms with van der Waals surface area (Å²) in [6, 6.07) is 4.06. The van der Waals surface area contributed by atoms with Gasteiger partial charge in [-0.25, -0.2) is 0 Å². The predicted molar refractivity (Wildman–Crippen MR) is 90.6 cm³/mol. The summed E-state index contributed by atoms with van der Waals surface area (Å²) < 4.78 is 0. The average molecular weight is 306 g/mol. The van der Waals surface area contributed by atoms with Crippen molar-refractivity contribution in [1.29, 1.82) is 0 Å². The molecular weight excluding hydrogens is 276 g/mol. The number of carboxylic acid groups (broad SMARTS) is 1. The molecule has 0 aliphatic carbocycles. The molecule has 124 valence electrons. The maximum Gasteiger partial charge on any atom is 0.306 e. The Labute approximate surface area is 134 Å². The predicted octanol–water partition coefficient (Wildman–Crippen LogP) is 4.78. The zero-order chi connectivity index (χ0) is 17.3. The van der Waals surface area contributed by atoms with Gasteiger partial charge in [0.15, 0.2) is 0 Å². The molecule has 1 unspecified atom stereocenters. The Morgan fingerprint density at radius 2 is 1.64 bits per heavy atom. The average Bonchev–Trinajstić information content (AvgIpc) is 2.36. The van der Waals surface area contributed by atoms with Crippen LogP contribution in [0.25, 0.3) is 0 Å². The van der Waals surface area contributed by atoms with Gasteiger partial charge in [-0.15, -0.1) is 0 Å². The Hall–Kier alpha value is -1.51. The number of hydrogen-bond donors (Lipinski definition) is 2. The molecule has 22 heavy (non-hydrogen) atoms. The Bertz CT molecular complexity index is 551. The normalized spacial score (nSPS) is 14.0. The van der Waals surface area contributed by atoms with Crippen molar-refractivity contribution in [1.82, 2.24) is 0 Å². The van der Waals surface area contributed by atoms with E-state index in [0.29, 0.717) is 12.2 Å². The van der Waals surface area contributed by atoms with Crippen molar-refractivity contribution in [3.05, 3.63) is 28.8 Å². The number of aromatic hydroxyl groups is 1. The highest BCUT2D eigenvalue weighted by Crippen LogP contribution is 2.42. The fourth-order valence-corrected chi connectivity index (χ4v) is 2.70. The van der Waals surface area contributed by atoms with E-state index in [-0.39, 0.29) is 16.7 Å². The topological polar surface area (TPSA) is 57.5 Å². The zero-order valence-corrected chi connectivity index (χ0v) is 14.9. The molecule has 0 saturated heterocycles. The van der Waals surface area contributed by atoms with Crippen molar-refractivity contribution < 1.29 is 15.0 Å². The summed E-state index contributed by atoms with van der Waals surface area (Å²) in [5.41, 5.74) is 2.59. The molecule has 0 spiro atoms. The molecule has 0 aliphatic heterocycles. The first kappa shape index (κ1) is 18.5. The third-order valence-electron chi connectivity index (χ3n) is 4.42. The third-order valence-corrected chi connectivity index (χ3v) is 4.42. The number of benzene rings is 1. The number of rotatable bonds is 5. The molecule has 1 aromatic rings. The molecule has 1 aromatic carbocycles. The van der Waals surface area contributed by atoms with Crippen molar-refractivity contribution >= 4 is 5.97 Å². The number of phenolic OH excluding ortho intramolecular Hbond substituents is 1. The van der Waals surface area contributed by atoms with Crippen molar-refractivity contribution in [2.75, 3.05) is 0 Å². The monoisotopic (exact) mass is 306 g/mol. The van der Waals surface area contributed by atoms with Gasteiger partial charge in [0, 0.05) is 5.56 Å². The van der Waals surface area contributed by atoms with Gasteiger partial charge in [-0.05, 0) is 36.2 Å². The highest BCUT2D eigenvalue weighted by Gasteiger charge is 2.29. The Balaban J connectivity index is 3.19. The minimum atomic E-state index is -0.764. The second-order valence-corrected chi connectivity index (χ2v) is 8.12. The fourth-order valence-electron chi connectivity index (χ4n) is 2.70. The maximum absolute atomic E-state index is 11.0. The SMILES string of the molecule is Cc1cc(C(C)(C)C)c(O)c(C(C)(C)CCC(C)C(=O)O)c1. The minimum Gasteiger partial charge on any atom is -0.507 e. The largest absolute Gasteiger partial charge is 0.507 e.